The Labute approximate surface area is 70.7 Å². The molecule has 0 aromatic carbocycles. The lowest BCUT2D eigenvalue weighted by atomic mass is 10.4. The summed E-state index contributed by atoms with van der Waals surface area (Å²) in [6.45, 7) is 2.06. The van der Waals surface area contributed by atoms with Crippen LogP contribution in [0.2, 0.25) is 0 Å². The lowest BCUT2D eigenvalue weighted by molar-refractivity contribution is 1.00. The van der Waals surface area contributed by atoms with E-state index in [-0.39, 0.29) is 0 Å². The van der Waals surface area contributed by atoms with Crippen molar-refractivity contribution in [1.29, 1.82) is 5.41 Å². The van der Waals surface area contributed by atoms with E-state index >= 15 is 0 Å². The molecule has 0 heterocycles. The molecule has 0 bridgehead atoms. The van der Waals surface area contributed by atoms with Gasteiger partial charge in [0.2, 0.25) is 0 Å². The Morgan fingerprint density at radius 3 is 1.27 bits per heavy atom. The molecule has 4 nitrogen and oxygen atoms in total. The Hall–Kier alpha value is -0.450. The van der Waals surface area contributed by atoms with Crippen molar-refractivity contribution in [2.75, 3.05) is 21.1 Å². The molecule has 7 N–H and O–H groups in total. The summed E-state index contributed by atoms with van der Waals surface area (Å²) in [5, 5.41) is 6.48. The fourth-order valence-corrected chi connectivity index (χ4v) is 0.144. The van der Waals surface area contributed by atoms with Crippen LogP contribution in [-0.2, 0) is 0 Å². The van der Waals surface area contributed by atoms with Gasteiger partial charge in [-0.2, -0.15) is 0 Å². The minimum absolute atomic E-state index is 0.931. The highest BCUT2D eigenvalue weighted by Crippen LogP contribution is 1.75. The highest BCUT2D eigenvalue weighted by atomic mass is 14.4. The molecule has 0 radical (unpaired) electrons. The second kappa shape index (κ2) is 107. The molecule has 11 heavy (non-hydrogen) atoms. The van der Waals surface area contributed by atoms with Crippen molar-refractivity contribution in [2.45, 2.75) is 19.8 Å². The summed E-state index contributed by atoms with van der Waals surface area (Å²) >= 11 is 0. The van der Waals surface area contributed by atoms with Crippen molar-refractivity contribution in [2.24, 2.45) is 17.2 Å². The molecule has 0 saturated carbocycles. The van der Waals surface area contributed by atoms with E-state index < -0.39 is 0 Å². The number of nitrogens with one attached hydrogen (secondary N) is 1. The van der Waals surface area contributed by atoms with Gasteiger partial charge in [0.1, 0.15) is 0 Å². The number of hydrogen-bond acceptors (Lipinski definition) is 4. The van der Waals surface area contributed by atoms with Gasteiger partial charge in [-0.1, -0.05) is 13.3 Å². The van der Waals surface area contributed by atoms with Gasteiger partial charge in [-0.15, -0.1) is 0 Å². The molecule has 0 saturated heterocycles. The zero-order valence-corrected chi connectivity index (χ0v) is 8.22. The molecule has 72 valence electrons. The molecule has 0 spiro atoms. The first-order valence-corrected chi connectivity index (χ1v) is 3.64. The zero-order chi connectivity index (χ0) is 10.1. The molecule has 0 fully saturated rings. The molecule has 4 heteroatoms. The first-order valence-electron chi connectivity index (χ1n) is 3.64. The number of nitrogens with two attached hydrogens (primary N) is 3. The summed E-state index contributed by atoms with van der Waals surface area (Å²) < 4.78 is 0. The van der Waals surface area contributed by atoms with Crippen LogP contribution in [0.15, 0.2) is 0 Å². The Bertz CT molecular complexity index is 31.6. The largest absolute Gasteiger partial charge is 0.333 e. The minimum atomic E-state index is 0.931. The maximum Gasteiger partial charge on any atom is -0.00479 e. The van der Waals surface area contributed by atoms with E-state index in [1.807, 2.05) is 0 Å². The van der Waals surface area contributed by atoms with E-state index in [2.05, 4.69) is 24.1 Å². The molecule has 0 atom stereocenters. The zero-order valence-electron chi connectivity index (χ0n) is 8.22. The normalized spacial score (nSPS) is 5.00. The predicted molar refractivity (Wildman–Crippen MR) is 54.0 cm³/mol. The molecular formula is C7H24N4. The van der Waals surface area contributed by atoms with Crippen molar-refractivity contribution in [1.82, 2.24) is 0 Å². The predicted octanol–water partition coefficient (Wildman–Crippen LogP) is 0.161. The fourth-order valence-electron chi connectivity index (χ4n) is 0.144. The fraction of sp³-hybridized carbons (Fsp3) is 0.857. The van der Waals surface area contributed by atoms with Gasteiger partial charge in [0.05, 0.1) is 0 Å². The van der Waals surface area contributed by atoms with Crippen LogP contribution in [0.25, 0.3) is 0 Å². The van der Waals surface area contributed by atoms with Crippen molar-refractivity contribution in [3.8, 4) is 0 Å². The highest BCUT2D eigenvalue weighted by Gasteiger charge is 1.63. The number of hydrogen-bond donors (Lipinski definition) is 4. The van der Waals surface area contributed by atoms with Crippen molar-refractivity contribution < 1.29 is 0 Å². The Kier molecular flexibility index (Phi) is 219. The molecular weight excluding hydrogens is 140 g/mol. The van der Waals surface area contributed by atoms with Gasteiger partial charge < -0.3 is 22.6 Å². The molecule has 0 aliphatic carbocycles. The third kappa shape index (κ3) is 227. The first kappa shape index (κ1) is 22.4. The van der Waals surface area contributed by atoms with Gasteiger partial charge in [0.15, 0.2) is 0 Å². The lowest BCUT2D eigenvalue weighted by Gasteiger charge is -1.71. The molecule has 0 rings (SSSR count). The molecule has 0 aromatic rings. The van der Waals surface area contributed by atoms with Gasteiger partial charge in [0, 0.05) is 0 Å². The van der Waals surface area contributed by atoms with Crippen LogP contribution in [0, 0.1) is 5.41 Å². The van der Waals surface area contributed by atoms with E-state index in [0.29, 0.717) is 0 Å². The SMILES string of the molecule is CCCC=N.CN.CN.CN. The van der Waals surface area contributed by atoms with Gasteiger partial charge in [-0.3, -0.25) is 0 Å². The molecule has 0 amide bonds. The van der Waals surface area contributed by atoms with Gasteiger partial charge in [-0.25, -0.2) is 0 Å². The summed E-state index contributed by atoms with van der Waals surface area (Å²) in [6.07, 6.45) is 3.46. The van der Waals surface area contributed by atoms with E-state index in [0.717, 1.165) is 12.8 Å². The van der Waals surface area contributed by atoms with Crippen LogP contribution in [0.3, 0.4) is 0 Å². The molecule has 0 aromatic heterocycles. The third-order valence-electron chi connectivity index (χ3n) is 0.433. The van der Waals surface area contributed by atoms with Crippen molar-refractivity contribution >= 4 is 6.21 Å². The first-order chi connectivity index (χ1) is 5.41. The second-order valence-electron chi connectivity index (χ2n) is 0.993. The number of rotatable bonds is 2. The van der Waals surface area contributed by atoms with Crippen LogP contribution < -0.4 is 17.2 Å². The third-order valence-corrected chi connectivity index (χ3v) is 0.433. The summed E-state index contributed by atoms with van der Waals surface area (Å²) in [5.41, 5.74) is 13.5. The standard InChI is InChI=1S/C4H9N.3CH5N/c1-2-3-4-5;3*1-2/h4-5H,2-3H2,1H3;3*2H2,1H3. The second-order valence-corrected chi connectivity index (χ2v) is 0.993. The molecule has 0 aliphatic rings. The molecule has 0 unspecified atom stereocenters. The Morgan fingerprint density at radius 2 is 1.27 bits per heavy atom. The minimum Gasteiger partial charge on any atom is -0.333 e. The van der Waals surface area contributed by atoms with Crippen molar-refractivity contribution in [3.05, 3.63) is 0 Å². The van der Waals surface area contributed by atoms with Gasteiger partial charge in [-0.05, 0) is 33.8 Å². The average molecular weight is 164 g/mol. The summed E-state index contributed by atoms with van der Waals surface area (Å²) in [5.74, 6) is 0. The Balaban J connectivity index is -0.0000000350. The number of unbranched alkanes of at least 4 members (excludes halogenated alkanes) is 1. The van der Waals surface area contributed by atoms with Crippen LogP contribution in [0.5, 0.6) is 0 Å². The van der Waals surface area contributed by atoms with Crippen LogP contribution in [0.1, 0.15) is 19.8 Å². The van der Waals surface area contributed by atoms with Crippen LogP contribution in [-0.4, -0.2) is 27.4 Å². The van der Waals surface area contributed by atoms with Crippen LogP contribution in [0.4, 0.5) is 0 Å². The van der Waals surface area contributed by atoms with E-state index in [4.69, 9.17) is 5.41 Å². The summed E-state index contributed by atoms with van der Waals surface area (Å²) in [4.78, 5) is 0. The topological polar surface area (TPSA) is 102 Å². The van der Waals surface area contributed by atoms with E-state index in [9.17, 15) is 0 Å². The summed E-state index contributed by atoms with van der Waals surface area (Å²) in [7, 11) is 4.50. The highest BCUT2D eigenvalue weighted by molar-refractivity contribution is 5.52. The van der Waals surface area contributed by atoms with E-state index in [1.165, 1.54) is 27.4 Å². The maximum absolute atomic E-state index is 6.48. The van der Waals surface area contributed by atoms with Crippen LogP contribution >= 0.6 is 0 Å². The monoisotopic (exact) mass is 164 g/mol. The maximum atomic E-state index is 6.48. The van der Waals surface area contributed by atoms with Gasteiger partial charge in [0.25, 0.3) is 0 Å². The smallest absolute Gasteiger partial charge is 0.00479 e. The summed E-state index contributed by atoms with van der Waals surface area (Å²) in [6, 6.07) is 0. The van der Waals surface area contributed by atoms with Gasteiger partial charge >= 0.3 is 0 Å². The quantitative estimate of drug-likeness (QED) is 0.437. The Morgan fingerprint density at radius 1 is 1.00 bits per heavy atom. The van der Waals surface area contributed by atoms with Crippen molar-refractivity contribution in [3.63, 3.8) is 0 Å². The average Bonchev–Trinajstić information content (AvgIpc) is 2.16. The lowest BCUT2D eigenvalue weighted by Crippen LogP contribution is -1.69. The van der Waals surface area contributed by atoms with E-state index in [1.54, 1.807) is 0 Å². The molecule has 0 aliphatic heterocycles.